The summed E-state index contributed by atoms with van der Waals surface area (Å²) in [6.45, 7) is -1.31. The molecule has 0 spiro atoms. The SMILES string of the molecule is O=S(=O)(OC(F)CCF)C(F)(F)F. The van der Waals surface area contributed by atoms with Crippen molar-refractivity contribution in [3.05, 3.63) is 0 Å². The molecule has 13 heavy (non-hydrogen) atoms. The lowest BCUT2D eigenvalue weighted by Gasteiger charge is -2.10. The average Bonchev–Trinajstić information content (AvgIpc) is 1.83. The first-order valence-corrected chi connectivity index (χ1v) is 4.31. The first-order valence-electron chi connectivity index (χ1n) is 2.90. The molecular weight excluding hydrogens is 223 g/mol. The molecule has 9 heteroatoms. The summed E-state index contributed by atoms with van der Waals surface area (Å²) in [7, 11) is -5.96. The van der Waals surface area contributed by atoms with Crippen molar-refractivity contribution >= 4 is 10.1 Å². The summed E-state index contributed by atoms with van der Waals surface area (Å²) in [5.41, 5.74) is -5.69. The zero-order valence-electron chi connectivity index (χ0n) is 6.01. The van der Waals surface area contributed by atoms with Crippen LogP contribution in [0.3, 0.4) is 0 Å². The minimum absolute atomic E-state index is 1.06. The Morgan fingerprint density at radius 2 is 1.77 bits per heavy atom. The van der Waals surface area contributed by atoms with Crippen LogP contribution < -0.4 is 0 Å². The van der Waals surface area contributed by atoms with Crippen LogP contribution in [0.15, 0.2) is 0 Å². The van der Waals surface area contributed by atoms with Gasteiger partial charge in [0.15, 0.2) is 0 Å². The fourth-order valence-electron chi connectivity index (χ4n) is 0.326. The Morgan fingerprint density at radius 1 is 1.31 bits per heavy atom. The van der Waals surface area contributed by atoms with Crippen molar-refractivity contribution in [3.63, 3.8) is 0 Å². The second-order valence-corrected chi connectivity index (χ2v) is 3.45. The highest BCUT2D eigenvalue weighted by Gasteiger charge is 2.48. The minimum Gasteiger partial charge on any atom is -0.251 e. The van der Waals surface area contributed by atoms with Crippen molar-refractivity contribution in [2.75, 3.05) is 6.67 Å². The number of hydrogen-bond acceptors (Lipinski definition) is 3. The fraction of sp³-hybridized carbons (Fsp3) is 1.00. The zero-order valence-corrected chi connectivity index (χ0v) is 6.83. The number of hydrogen-bond donors (Lipinski definition) is 0. The molecule has 0 rings (SSSR count). The molecule has 80 valence electrons. The van der Waals surface area contributed by atoms with Crippen LogP contribution in [0.5, 0.6) is 0 Å². The van der Waals surface area contributed by atoms with E-state index in [0.717, 1.165) is 0 Å². The molecule has 0 aromatic carbocycles. The van der Waals surface area contributed by atoms with Gasteiger partial charge >= 0.3 is 15.6 Å². The van der Waals surface area contributed by atoms with Gasteiger partial charge in [0.1, 0.15) is 0 Å². The van der Waals surface area contributed by atoms with Crippen LogP contribution in [0.25, 0.3) is 0 Å². The van der Waals surface area contributed by atoms with Gasteiger partial charge in [0.25, 0.3) is 0 Å². The molecular formula is C4H5F5O3S. The molecule has 0 N–H and O–H groups in total. The summed E-state index contributed by atoms with van der Waals surface area (Å²) in [4.78, 5) is 0. The second-order valence-electron chi connectivity index (χ2n) is 1.88. The lowest BCUT2D eigenvalue weighted by molar-refractivity contribution is -0.0657. The molecule has 0 saturated heterocycles. The van der Waals surface area contributed by atoms with E-state index < -0.39 is 35.1 Å². The lowest BCUT2D eigenvalue weighted by atomic mass is 10.5. The summed E-state index contributed by atoms with van der Waals surface area (Å²) in [6, 6.07) is 0. The van der Waals surface area contributed by atoms with Crippen molar-refractivity contribution in [1.82, 2.24) is 0 Å². The molecule has 0 bridgehead atoms. The smallest absolute Gasteiger partial charge is 0.251 e. The second kappa shape index (κ2) is 4.18. The number of halogens is 5. The highest BCUT2D eigenvalue weighted by Crippen LogP contribution is 2.26. The lowest BCUT2D eigenvalue weighted by Crippen LogP contribution is -2.28. The standard InChI is InChI=1S/C4H5F5O3S/c5-2-1-3(6)12-13(10,11)4(7,8)9/h3H,1-2H2. The monoisotopic (exact) mass is 228 g/mol. The molecule has 3 nitrogen and oxygen atoms in total. The van der Waals surface area contributed by atoms with E-state index in [-0.39, 0.29) is 0 Å². The quantitative estimate of drug-likeness (QED) is 0.416. The first-order chi connectivity index (χ1) is 5.70. The normalized spacial score (nSPS) is 15.8. The summed E-state index contributed by atoms with van der Waals surface area (Å²) >= 11 is 0. The largest absolute Gasteiger partial charge is 0.523 e. The van der Waals surface area contributed by atoms with E-state index in [2.05, 4.69) is 4.18 Å². The maximum atomic E-state index is 12.1. The van der Waals surface area contributed by atoms with Crippen molar-refractivity contribution in [2.45, 2.75) is 18.3 Å². The van der Waals surface area contributed by atoms with E-state index >= 15 is 0 Å². The van der Waals surface area contributed by atoms with Gasteiger partial charge in [-0.3, -0.25) is 4.39 Å². The summed E-state index contributed by atoms with van der Waals surface area (Å²) in [6.07, 6.45) is -3.87. The average molecular weight is 228 g/mol. The zero-order chi connectivity index (χ0) is 10.7. The van der Waals surface area contributed by atoms with Crippen molar-refractivity contribution in [2.24, 2.45) is 0 Å². The molecule has 0 heterocycles. The van der Waals surface area contributed by atoms with Gasteiger partial charge in [0.05, 0.1) is 6.67 Å². The fourth-order valence-corrected chi connectivity index (χ4v) is 0.806. The van der Waals surface area contributed by atoms with Crippen LogP contribution in [-0.4, -0.2) is 27.0 Å². The Balaban J connectivity index is 4.36. The van der Waals surface area contributed by atoms with E-state index in [0.29, 0.717) is 0 Å². The van der Waals surface area contributed by atoms with Gasteiger partial charge in [-0.1, -0.05) is 0 Å². The van der Waals surface area contributed by atoms with E-state index in [9.17, 15) is 30.4 Å². The van der Waals surface area contributed by atoms with Gasteiger partial charge in [-0.05, 0) is 0 Å². The molecule has 0 radical (unpaired) electrons. The Morgan fingerprint density at radius 3 is 2.08 bits per heavy atom. The molecule has 0 saturated carbocycles. The molecule has 0 aromatic rings. The molecule has 0 amide bonds. The van der Waals surface area contributed by atoms with E-state index in [1.54, 1.807) is 0 Å². The topological polar surface area (TPSA) is 43.4 Å². The van der Waals surface area contributed by atoms with Gasteiger partial charge in [0, 0.05) is 6.42 Å². The van der Waals surface area contributed by atoms with E-state index in [4.69, 9.17) is 0 Å². The molecule has 0 aliphatic rings. The summed E-state index contributed by atoms with van der Waals surface area (Å²) in [5, 5.41) is 0. The highest BCUT2D eigenvalue weighted by atomic mass is 32.2. The third-order valence-electron chi connectivity index (χ3n) is 0.851. The Labute approximate surface area is 70.6 Å². The number of alkyl halides is 5. The third-order valence-corrected chi connectivity index (χ3v) is 1.88. The van der Waals surface area contributed by atoms with Gasteiger partial charge in [-0.15, -0.1) is 0 Å². The van der Waals surface area contributed by atoms with Crippen LogP contribution in [0.1, 0.15) is 6.42 Å². The molecule has 1 atom stereocenters. The van der Waals surface area contributed by atoms with Gasteiger partial charge < -0.3 is 0 Å². The van der Waals surface area contributed by atoms with E-state index in [1.807, 2.05) is 0 Å². The van der Waals surface area contributed by atoms with Crippen molar-refractivity contribution in [3.8, 4) is 0 Å². The predicted molar refractivity (Wildman–Crippen MR) is 31.5 cm³/mol. The predicted octanol–water partition coefficient (Wildman–Crippen LogP) is 1.51. The van der Waals surface area contributed by atoms with Crippen molar-refractivity contribution < 1.29 is 34.6 Å². The summed E-state index contributed by atoms with van der Waals surface area (Å²) < 4.78 is 80.8. The maximum Gasteiger partial charge on any atom is 0.523 e. The van der Waals surface area contributed by atoms with Gasteiger partial charge in [0.2, 0.25) is 6.36 Å². The molecule has 1 unspecified atom stereocenters. The van der Waals surface area contributed by atoms with Crippen LogP contribution in [0.2, 0.25) is 0 Å². The van der Waals surface area contributed by atoms with Gasteiger partial charge in [-0.2, -0.15) is 21.6 Å². The molecule has 0 aliphatic heterocycles. The number of rotatable bonds is 4. The highest BCUT2D eigenvalue weighted by molar-refractivity contribution is 7.87. The molecule has 0 aromatic heterocycles. The van der Waals surface area contributed by atoms with Gasteiger partial charge in [-0.25, -0.2) is 8.57 Å². The van der Waals surface area contributed by atoms with Crippen LogP contribution in [0.4, 0.5) is 22.0 Å². The maximum absolute atomic E-state index is 12.1. The molecule has 0 aliphatic carbocycles. The minimum atomic E-state index is -5.96. The Hall–Kier alpha value is -0.440. The van der Waals surface area contributed by atoms with Crippen LogP contribution in [0, 0.1) is 0 Å². The Bertz CT molecular complexity index is 245. The van der Waals surface area contributed by atoms with Crippen molar-refractivity contribution in [1.29, 1.82) is 0 Å². The first kappa shape index (κ1) is 12.6. The molecule has 0 fully saturated rings. The third kappa shape index (κ3) is 3.85. The van der Waals surface area contributed by atoms with Crippen LogP contribution in [-0.2, 0) is 14.3 Å². The summed E-state index contributed by atoms with van der Waals surface area (Å²) in [5.74, 6) is 0. The van der Waals surface area contributed by atoms with Crippen LogP contribution >= 0.6 is 0 Å². The Kier molecular flexibility index (Phi) is 4.04. The van der Waals surface area contributed by atoms with E-state index in [1.165, 1.54) is 0 Å².